The first-order valence-corrected chi connectivity index (χ1v) is 16.9. The summed E-state index contributed by atoms with van der Waals surface area (Å²) in [6.07, 6.45) is 0. The number of benzene rings is 7. The quantitative estimate of drug-likeness (QED) is 0.184. The Morgan fingerprint density at radius 1 is 0.420 bits per heavy atom. The Morgan fingerprint density at radius 3 is 1.84 bits per heavy atom. The second-order valence-electron chi connectivity index (χ2n) is 11.9. The van der Waals surface area contributed by atoms with Crippen LogP contribution in [-0.2, 0) is 0 Å². The molecule has 0 fully saturated rings. The van der Waals surface area contributed by atoms with Gasteiger partial charge in [-0.3, -0.25) is 0 Å². The molecule has 0 spiro atoms. The average Bonchev–Trinajstić information content (AvgIpc) is 3.83. The Bertz CT molecular complexity index is 3220. The summed E-state index contributed by atoms with van der Waals surface area (Å²) in [5.74, 6) is 0.692. The molecule has 4 nitrogen and oxygen atoms in total. The predicted octanol–water partition coefficient (Wildman–Crippen LogP) is 12.5. The third-order valence-corrected chi connectivity index (χ3v) is 9.84. The molecular formula is C45H27N3OS. The number of thiophene rings is 1. The van der Waals surface area contributed by atoms with Crippen molar-refractivity contribution >= 4 is 53.4 Å². The standard InChI is InChI=1S/C45H27N3OS/c1-3-11-28(12-4-1)33-15-7-8-16-34(33)30-21-24-41-38(25-30)37-23-20-32(27-42(37)50-41)45-47-43(29-13-5-2-6-14-29)46-44(48-45)31-19-22-36-35-17-9-10-18-39(35)49-40(36)26-31/h1-27H/i20D,21D,23D,24D,25D,27D. The Labute approximate surface area is 300 Å². The summed E-state index contributed by atoms with van der Waals surface area (Å²) in [5, 5.41) is 2.45. The van der Waals surface area contributed by atoms with Crippen molar-refractivity contribution in [1.82, 2.24) is 15.0 Å². The lowest BCUT2D eigenvalue weighted by molar-refractivity contribution is 0.669. The molecule has 0 saturated carbocycles. The molecule has 0 radical (unpaired) electrons. The molecule has 5 heteroatoms. The van der Waals surface area contributed by atoms with Crippen LogP contribution in [0.5, 0.6) is 0 Å². The second-order valence-corrected chi connectivity index (χ2v) is 12.9. The van der Waals surface area contributed by atoms with Crippen LogP contribution in [-0.4, -0.2) is 15.0 Å². The second kappa shape index (κ2) is 11.6. The van der Waals surface area contributed by atoms with Gasteiger partial charge >= 0.3 is 0 Å². The molecule has 0 amide bonds. The highest BCUT2D eigenvalue weighted by atomic mass is 32.1. The minimum absolute atomic E-state index is 0.0227. The first kappa shape index (κ1) is 23.0. The maximum atomic E-state index is 9.55. The minimum Gasteiger partial charge on any atom is -0.456 e. The zero-order chi connectivity index (χ0) is 38.2. The maximum Gasteiger partial charge on any atom is 0.164 e. The number of rotatable bonds is 5. The number of furan rings is 1. The van der Waals surface area contributed by atoms with E-state index in [1.165, 1.54) is 0 Å². The molecule has 0 bridgehead atoms. The molecule has 0 aliphatic carbocycles. The zero-order valence-electron chi connectivity index (χ0n) is 32.3. The van der Waals surface area contributed by atoms with E-state index in [1.807, 2.05) is 127 Å². The lowest BCUT2D eigenvalue weighted by Crippen LogP contribution is -2.00. The largest absolute Gasteiger partial charge is 0.456 e. The fraction of sp³-hybridized carbons (Fsp3) is 0. The fourth-order valence-corrected chi connectivity index (χ4v) is 7.38. The van der Waals surface area contributed by atoms with Crippen molar-refractivity contribution in [1.29, 1.82) is 0 Å². The molecule has 10 rings (SSSR count). The van der Waals surface area contributed by atoms with Gasteiger partial charge in [0.15, 0.2) is 17.5 Å². The first-order chi connectivity index (χ1) is 27.3. The molecule has 0 unspecified atom stereocenters. The number of para-hydroxylation sites is 1. The van der Waals surface area contributed by atoms with Crippen LogP contribution in [0.4, 0.5) is 0 Å². The van der Waals surface area contributed by atoms with Crippen LogP contribution in [0.1, 0.15) is 8.22 Å². The van der Waals surface area contributed by atoms with Gasteiger partial charge in [0.25, 0.3) is 0 Å². The minimum atomic E-state index is -0.279. The predicted molar refractivity (Wildman–Crippen MR) is 207 cm³/mol. The molecule has 0 saturated heterocycles. The van der Waals surface area contributed by atoms with Gasteiger partial charge in [0.2, 0.25) is 0 Å². The molecule has 50 heavy (non-hydrogen) atoms. The van der Waals surface area contributed by atoms with E-state index in [0.717, 1.165) is 38.8 Å². The Morgan fingerprint density at radius 2 is 1.04 bits per heavy atom. The van der Waals surface area contributed by atoms with Gasteiger partial charge < -0.3 is 4.42 Å². The lowest BCUT2D eigenvalue weighted by Gasteiger charge is -2.10. The van der Waals surface area contributed by atoms with E-state index < -0.39 is 0 Å². The highest BCUT2D eigenvalue weighted by Gasteiger charge is 2.16. The topological polar surface area (TPSA) is 51.8 Å². The maximum absolute atomic E-state index is 9.55. The van der Waals surface area contributed by atoms with Gasteiger partial charge in [-0.2, -0.15) is 0 Å². The van der Waals surface area contributed by atoms with Crippen LogP contribution >= 0.6 is 11.3 Å². The van der Waals surface area contributed by atoms with E-state index in [9.17, 15) is 5.48 Å². The normalized spacial score (nSPS) is 13.3. The van der Waals surface area contributed by atoms with Crippen LogP contribution in [0.15, 0.2) is 168 Å². The van der Waals surface area contributed by atoms with E-state index in [1.54, 1.807) is 0 Å². The Kier molecular flexibility index (Phi) is 5.35. The lowest BCUT2D eigenvalue weighted by atomic mass is 9.94. The van der Waals surface area contributed by atoms with Crippen LogP contribution in [0, 0.1) is 0 Å². The van der Waals surface area contributed by atoms with Crippen molar-refractivity contribution in [3.63, 3.8) is 0 Å². The third kappa shape index (κ3) is 4.87. The third-order valence-electron chi connectivity index (χ3n) is 8.82. The summed E-state index contributed by atoms with van der Waals surface area (Å²) in [6.45, 7) is 0. The van der Waals surface area contributed by atoms with Gasteiger partial charge in [-0.05, 0) is 58.6 Å². The highest BCUT2D eigenvalue weighted by Crippen LogP contribution is 2.40. The van der Waals surface area contributed by atoms with Crippen molar-refractivity contribution in [2.24, 2.45) is 0 Å². The Balaban J connectivity index is 1.21. The summed E-state index contributed by atoms with van der Waals surface area (Å²) in [6, 6.07) is 39.3. The summed E-state index contributed by atoms with van der Waals surface area (Å²) in [5.41, 5.74) is 5.41. The number of nitrogens with zero attached hydrogens (tertiary/aromatic N) is 3. The summed E-state index contributed by atoms with van der Waals surface area (Å²) >= 11 is 1.08. The van der Waals surface area contributed by atoms with Gasteiger partial charge in [-0.1, -0.05) is 127 Å². The number of aromatic nitrogens is 3. The molecule has 10 aromatic rings. The van der Waals surface area contributed by atoms with Gasteiger partial charge in [0.05, 0.1) is 8.22 Å². The molecule has 0 N–H and O–H groups in total. The zero-order valence-corrected chi connectivity index (χ0v) is 27.1. The van der Waals surface area contributed by atoms with Crippen molar-refractivity contribution in [2.45, 2.75) is 0 Å². The average molecular weight is 664 g/mol. The molecule has 0 aliphatic rings. The molecule has 3 aromatic heterocycles. The van der Waals surface area contributed by atoms with E-state index in [-0.39, 0.29) is 64.0 Å². The van der Waals surface area contributed by atoms with Gasteiger partial charge in [-0.15, -0.1) is 11.3 Å². The van der Waals surface area contributed by atoms with Gasteiger partial charge in [0, 0.05) is 47.6 Å². The van der Waals surface area contributed by atoms with E-state index >= 15 is 0 Å². The van der Waals surface area contributed by atoms with Crippen molar-refractivity contribution < 1.29 is 12.6 Å². The molecule has 234 valence electrons. The molecule has 0 atom stereocenters. The van der Waals surface area contributed by atoms with Gasteiger partial charge in [0.1, 0.15) is 11.2 Å². The van der Waals surface area contributed by atoms with Gasteiger partial charge in [-0.25, -0.2) is 15.0 Å². The molecular weight excluding hydrogens is 631 g/mol. The fourth-order valence-electron chi connectivity index (χ4n) is 6.41. The van der Waals surface area contributed by atoms with E-state index in [0.29, 0.717) is 43.3 Å². The first-order valence-electron chi connectivity index (χ1n) is 19.1. The number of hydrogen-bond acceptors (Lipinski definition) is 5. The summed E-state index contributed by atoms with van der Waals surface area (Å²) < 4.78 is 62.9. The van der Waals surface area contributed by atoms with Crippen molar-refractivity contribution in [3.8, 4) is 56.4 Å². The highest BCUT2D eigenvalue weighted by molar-refractivity contribution is 7.25. The van der Waals surface area contributed by atoms with Crippen molar-refractivity contribution in [3.05, 3.63) is 164 Å². The SMILES string of the molecule is [2H]c1c(-c2ccccc2-c2ccccc2)c([2H])c2c(sc3c([2H])c(-c4nc(-c5ccccc5)nc(-c5ccc6c(c5)oc5ccccc56)n4)c([2H])c([2H])c32)c1[2H]. The van der Waals surface area contributed by atoms with Crippen LogP contribution in [0.2, 0.25) is 0 Å². The van der Waals surface area contributed by atoms with Crippen LogP contribution in [0.25, 0.3) is 98.5 Å². The number of fused-ring (bicyclic) bond motifs is 6. The number of hydrogen-bond donors (Lipinski definition) is 0. The Hall–Kier alpha value is -6.43. The van der Waals surface area contributed by atoms with E-state index in [4.69, 9.17) is 22.1 Å². The molecule has 3 heterocycles. The van der Waals surface area contributed by atoms with Crippen molar-refractivity contribution in [2.75, 3.05) is 0 Å². The van der Waals surface area contributed by atoms with Crippen LogP contribution in [0.3, 0.4) is 0 Å². The summed E-state index contributed by atoms with van der Waals surface area (Å²) in [4.78, 5) is 14.5. The molecule has 0 aliphatic heterocycles. The monoisotopic (exact) mass is 663 g/mol. The van der Waals surface area contributed by atoms with Crippen LogP contribution < -0.4 is 0 Å². The summed E-state index contributed by atoms with van der Waals surface area (Å²) in [7, 11) is 0. The van der Waals surface area contributed by atoms with E-state index in [2.05, 4.69) is 0 Å². The smallest absolute Gasteiger partial charge is 0.164 e. The molecule has 7 aromatic carbocycles.